The highest BCUT2D eigenvalue weighted by atomic mass is 79.9. The van der Waals surface area contributed by atoms with Gasteiger partial charge in [0.25, 0.3) is 0 Å². The van der Waals surface area contributed by atoms with Crippen LogP contribution < -0.4 is 10.2 Å². The average molecular weight is 365 g/mol. The standard InChI is InChI=1S/C17H21BrN2O2/c1-11-6-7-14(9-15(11)18)20-10-12(8-16(20)21)17(22)19-13-4-2-3-5-13/h6-7,9,12-13H,2-5,8,10H2,1H3,(H,19,22). The normalized spacial score (nSPS) is 22.4. The summed E-state index contributed by atoms with van der Waals surface area (Å²) in [5.41, 5.74) is 1.99. The van der Waals surface area contributed by atoms with Gasteiger partial charge in [-0.25, -0.2) is 0 Å². The summed E-state index contributed by atoms with van der Waals surface area (Å²) in [6.07, 6.45) is 4.84. The molecular formula is C17H21BrN2O2. The number of nitrogens with zero attached hydrogens (tertiary/aromatic N) is 1. The minimum atomic E-state index is -0.229. The molecule has 2 aliphatic rings. The molecule has 118 valence electrons. The smallest absolute Gasteiger partial charge is 0.227 e. The molecule has 1 saturated carbocycles. The summed E-state index contributed by atoms with van der Waals surface area (Å²) < 4.78 is 0.983. The van der Waals surface area contributed by atoms with E-state index >= 15 is 0 Å². The van der Waals surface area contributed by atoms with E-state index in [4.69, 9.17) is 0 Å². The molecule has 22 heavy (non-hydrogen) atoms. The largest absolute Gasteiger partial charge is 0.353 e. The van der Waals surface area contributed by atoms with Gasteiger partial charge in [0.2, 0.25) is 11.8 Å². The summed E-state index contributed by atoms with van der Waals surface area (Å²) in [5.74, 6) is -0.163. The Morgan fingerprint density at radius 2 is 2.05 bits per heavy atom. The fraction of sp³-hybridized carbons (Fsp3) is 0.529. The molecule has 1 atom stereocenters. The lowest BCUT2D eigenvalue weighted by Gasteiger charge is -2.18. The minimum absolute atomic E-state index is 0.0299. The highest BCUT2D eigenvalue weighted by molar-refractivity contribution is 9.10. The lowest BCUT2D eigenvalue weighted by Crippen LogP contribution is -2.38. The molecule has 1 saturated heterocycles. The predicted octanol–water partition coefficient (Wildman–Crippen LogP) is 3.17. The van der Waals surface area contributed by atoms with Crippen LogP contribution in [0.25, 0.3) is 0 Å². The lowest BCUT2D eigenvalue weighted by atomic mass is 10.1. The fourth-order valence-electron chi connectivity index (χ4n) is 3.27. The van der Waals surface area contributed by atoms with E-state index in [2.05, 4.69) is 21.2 Å². The van der Waals surface area contributed by atoms with Crippen molar-refractivity contribution in [2.24, 2.45) is 5.92 Å². The van der Waals surface area contributed by atoms with Gasteiger partial charge in [0.15, 0.2) is 0 Å². The van der Waals surface area contributed by atoms with E-state index in [1.54, 1.807) is 4.90 Å². The van der Waals surface area contributed by atoms with E-state index in [0.717, 1.165) is 28.6 Å². The van der Waals surface area contributed by atoms with Crippen molar-refractivity contribution in [3.05, 3.63) is 28.2 Å². The van der Waals surface area contributed by atoms with Crippen molar-refractivity contribution < 1.29 is 9.59 Å². The van der Waals surface area contributed by atoms with Gasteiger partial charge in [0, 0.05) is 29.2 Å². The molecule has 2 fully saturated rings. The summed E-state index contributed by atoms with van der Waals surface area (Å²) in [6, 6.07) is 6.18. The zero-order chi connectivity index (χ0) is 15.7. The number of nitrogens with one attached hydrogen (secondary N) is 1. The number of hydrogen-bond donors (Lipinski definition) is 1. The van der Waals surface area contributed by atoms with Crippen molar-refractivity contribution in [1.29, 1.82) is 0 Å². The van der Waals surface area contributed by atoms with Crippen molar-refractivity contribution in [2.45, 2.75) is 45.1 Å². The van der Waals surface area contributed by atoms with Gasteiger partial charge in [-0.1, -0.05) is 34.8 Å². The Morgan fingerprint density at radius 1 is 1.32 bits per heavy atom. The highest BCUT2D eigenvalue weighted by Crippen LogP contribution is 2.29. The van der Waals surface area contributed by atoms with Gasteiger partial charge in [0.1, 0.15) is 0 Å². The number of hydrogen-bond acceptors (Lipinski definition) is 2. The van der Waals surface area contributed by atoms with Gasteiger partial charge in [0.05, 0.1) is 5.92 Å². The molecular weight excluding hydrogens is 344 g/mol. The minimum Gasteiger partial charge on any atom is -0.353 e. The van der Waals surface area contributed by atoms with E-state index in [9.17, 15) is 9.59 Å². The molecule has 1 heterocycles. The number of carbonyl (C=O) groups is 2. The molecule has 0 bridgehead atoms. The van der Waals surface area contributed by atoms with Crippen molar-refractivity contribution in [2.75, 3.05) is 11.4 Å². The van der Waals surface area contributed by atoms with E-state index in [1.165, 1.54) is 12.8 Å². The maximum atomic E-state index is 12.3. The topological polar surface area (TPSA) is 49.4 Å². The van der Waals surface area contributed by atoms with Crippen LogP contribution >= 0.6 is 15.9 Å². The van der Waals surface area contributed by atoms with Gasteiger partial charge in [-0.15, -0.1) is 0 Å². The van der Waals surface area contributed by atoms with Crippen LogP contribution in [0, 0.1) is 12.8 Å². The average Bonchev–Trinajstić information content (AvgIpc) is 3.11. The summed E-state index contributed by atoms with van der Waals surface area (Å²) >= 11 is 3.50. The van der Waals surface area contributed by atoms with Gasteiger partial charge in [-0.3, -0.25) is 9.59 Å². The fourth-order valence-corrected chi connectivity index (χ4v) is 3.64. The van der Waals surface area contributed by atoms with Crippen molar-refractivity contribution in [3.8, 4) is 0 Å². The van der Waals surface area contributed by atoms with Crippen LogP contribution in [0.4, 0.5) is 5.69 Å². The molecule has 0 radical (unpaired) electrons. The summed E-state index contributed by atoms with van der Waals surface area (Å²) in [6.45, 7) is 2.49. The van der Waals surface area contributed by atoms with Gasteiger partial charge < -0.3 is 10.2 Å². The Kier molecular flexibility index (Phi) is 4.52. The molecule has 1 aromatic rings. The van der Waals surface area contributed by atoms with Crippen molar-refractivity contribution >= 4 is 33.4 Å². The third-order valence-corrected chi connectivity index (χ3v) is 5.52. The molecule has 1 unspecified atom stereocenters. The van der Waals surface area contributed by atoms with Crippen LogP contribution in [-0.4, -0.2) is 24.4 Å². The van der Waals surface area contributed by atoms with E-state index in [-0.39, 0.29) is 17.7 Å². The maximum absolute atomic E-state index is 12.3. The molecule has 1 N–H and O–H groups in total. The zero-order valence-corrected chi connectivity index (χ0v) is 14.4. The number of aryl methyl sites for hydroxylation is 1. The van der Waals surface area contributed by atoms with Gasteiger partial charge in [-0.2, -0.15) is 0 Å². The number of amides is 2. The molecule has 2 amide bonds. The van der Waals surface area contributed by atoms with Gasteiger partial charge in [-0.05, 0) is 37.5 Å². The summed E-state index contributed by atoms with van der Waals surface area (Å²) in [5, 5.41) is 3.11. The monoisotopic (exact) mass is 364 g/mol. The van der Waals surface area contributed by atoms with E-state index < -0.39 is 0 Å². The Morgan fingerprint density at radius 3 is 2.73 bits per heavy atom. The SMILES string of the molecule is Cc1ccc(N2CC(C(=O)NC3CCCC3)CC2=O)cc1Br. The van der Waals surface area contributed by atoms with Crippen LogP contribution in [-0.2, 0) is 9.59 Å². The molecule has 3 rings (SSSR count). The third-order valence-electron chi connectivity index (χ3n) is 4.66. The molecule has 1 aromatic carbocycles. The Labute approximate surface area is 139 Å². The van der Waals surface area contributed by atoms with E-state index in [1.807, 2.05) is 25.1 Å². The second-order valence-electron chi connectivity index (χ2n) is 6.33. The molecule has 0 spiro atoms. The van der Waals surface area contributed by atoms with Crippen LogP contribution in [0.2, 0.25) is 0 Å². The number of anilines is 1. The third kappa shape index (κ3) is 3.19. The number of benzene rings is 1. The van der Waals surface area contributed by atoms with Gasteiger partial charge >= 0.3 is 0 Å². The first-order chi connectivity index (χ1) is 10.5. The van der Waals surface area contributed by atoms with E-state index in [0.29, 0.717) is 19.0 Å². The first kappa shape index (κ1) is 15.5. The molecule has 1 aliphatic carbocycles. The van der Waals surface area contributed by atoms with Crippen LogP contribution in [0.1, 0.15) is 37.7 Å². The van der Waals surface area contributed by atoms with Crippen molar-refractivity contribution in [1.82, 2.24) is 5.32 Å². The van der Waals surface area contributed by atoms with Crippen LogP contribution in [0.3, 0.4) is 0 Å². The second kappa shape index (κ2) is 6.41. The summed E-state index contributed by atoms with van der Waals surface area (Å²) in [4.78, 5) is 26.3. The number of rotatable bonds is 3. The molecule has 4 nitrogen and oxygen atoms in total. The highest BCUT2D eigenvalue weighted by Gasteiger charge is 2.36. The number of carbonyl (C=O) groups excluding carboxylic acids is 2. The molecule has 1 aliphatic heterocycles. The Hall–Kier alpha value is -1.36. The maximum Gasteiger partial charge on any atom is 0.227 e. The zero-order valence-electron chi connectivity index (χ0n) is 12.8. The quantitative estimate of drug-likeness (QED) is 0.895. The Bertz CT molecular complexity index is 596. The van der Waals surface area contributed by atoms with Crippen LogP contribution in [0.15, 0.2) is 22.7 Å². The first-order valence-corrected chi connectivity index (χ1v) is 8.71. The summed E-state index contributed by atoms with van der Waals surface area (Å²) in [7, 11) is 0. The second-order valence-corrected chi connectivity index (χ2v) is 7.18. The Balaban J connectivity index is 1.67. The molecule has 5 heteroatoms. The lowest BCUT2D eigenvalue weighted by molar-refractivity contribution is -0.126. The molecule has 0 aromatic heterocycles. The number of halogens is 1. The van der Waals surface area contributed by atoms with Crippen molar-refractivity contribution in [3.63, 3.8) is 0 Å². The van der Waals surface area contributed by atoms with Crippen LogP contribution in [0.5, 0.6) is 0 Å². The predicted molar refractivity (Wildman–Crippen MR) is 89.7 cm³/mol. The first-order valence-electron chi connectivity index (χ1n) is 7.91.